The van der Waals surface area contributed by atoms with Crippen molar-refractivity contribution in [2.45, 2.75) is 19.9 Å². The van der Waals surface area contributed by atoms with Crippen LogP contribution in [0.2, 0.25) is 5.02 Å². The maximum atomic E-state index is 9.60. The lowest BCUT2D eigenvalue weighted by atomic mass is 9.96. The normalized spacial score (nSPS) is 13.3. The Bertz CT molecular complexity index is 299. The first kappa shape index (κ1) is 10.4. The number of benzene rings is 1. The maximum Gasteiger partial charge on any atom is 0.138 e. The highest BCUT2D eigenvalue weighted by Gasteiger charge is 2.15. The van der Waals surface area contributed by atoms with Gasteiger partial charge in [0.25, 0.3) is 0 Å². The summed E-state index contributed by atoms with van der Waals surface area (Å²) in [5.74, 6) is 0.384. The van der Waals surface area contributed by atoms with E-state index >= 15 is 0 Å². The second kappa shape index (κ2) is 3.99. The van der Waals surface area contributed by atoms with Crippen molar-refractivity contribution >= 4 is 11.6 Å². The van der Waals surface area contributed by atoms with Gasteiger partial charge in [0.2, 0.25) is 0 Å². The van der Waals surface area contributed by atoms with Gasteiger partial charge in [-0.3, -0.25) is 0 Å². The number of halogens is 1. The predicted molar refractivity (Wildman–Crippen MR) is 54.9 cm³/mol. The fraction of sp³-hybridized carbons (Fsp3) is 0.400. The molecule has 0 saturated heterocycles. The average molecular weight is 200 g/mol. The molecule has 0 aliphatic heterocycles. The minimum absolute atomic E-state index is 0.102. The lowest BCUT2D eigenvalue weighted by Gasteiger charge is -2.17. The summed E-state index contributed by atoms with van der Waals surface area (Å²) in [5, 5.41) is 9.96. The molecule has 13 heavy (non-hydrogen) atoms. The summed E-state index contributed by atoms with van der Waals surface area (Å²) < 4.78 is 0. The van der Waals surface area contributed by atoms with E-state index in [-0.39, 0.29) is 17.7 Å². The molecule has 1 aromatic rings. The topological polar surface area (TPSA) is 46.2 Å². The number of nitrogens with two attached hydrogens (primary N) is 1. The van der Waals surface area contributed by atoms with Gasteiger partial charge < -0.3 is 10.8 Å². The zero-order chi connectivity index (χ0) is 10.0. The molecule has 0 aliphatic carbocycles. The Morgan fingerprint density at radius 2 is 2.00 bits per heavy atom. The largest absolute Gasteiger partial charge is 0.506 e. The Kier molecular flexibility index (Phi) is 3.17. The molecule has 0 saturated carbocycles. The number of phenols is 1. The summed E-state index contributed by atoms with van der Waals surface area (Å²) in [6.07, 6.45) is 0. The molecule has 1 aromatic carbocycles. The quantitative estimate of drug-likeness (QED) is 0.770. The summed E-state index contributed by atoms with van der Waals surface area (Å²) in [4.78, 5) is 0. The van der Waals surface area contributed by atoms with Crippen molar-refractivity contribution in [2.24, 2.45) is 11.7 Å². The number of hydrogen-bond acceptors (Lipinski definition) is 2. The van der Waals surface area contributed by atoms with Crippen LogP contribution in [0.4, 0.5) is 0 Å². The maximum absolute atomic E-state index is 9.60. The number of phenolic OH excluding ortho intramolecular Hbond substituents is 1. The Labute approximate surface area is 83.3 Å². The number of aromatic hydroxyl groups is 1. The van der Waals surface area contributed by atoms with Crippen molar-refractivity contribution in [1.29, 1.82) is 0 Å². The second-order valence-corrected chi connectivity index (χ2v) is 3.85. The van der Waals surface area contributed by atoms with E-state index in [1.54, 1.807) is 18.2 Å². The van der Waals surface area contributed by atoms with Crippen molar-refractivity contribution in [1.82, 2.24) is 0 Å². The molecule has 1 atom stereocenters. The van der Waals surface area contributed by atoms with E-state index in [0.29, 0.717) is 10.6 Å². The summed E-state index contributed by atoms with van der Waals surface area (Å²) in [7, 11) is 0. The van der Waals surface area contributed by atoms with Gasteiger partial charge >= 0.3 is 0 Å². The molecule has 0 heterocycles. The molecule has 0 amide bonds. The Balaban J connectivity index is 3.07. The first-order valence-corrected chi connectivity index (χ1v) is 4.64. The van der Waals surface area contributed by atoms with Crippen molar-refractivity contribution in [2.75, 3.05) is 0 Å². The highest BCUT2D eigenvalue weighted by atomic mass is 35.5. The van der Waals surface area contributed by atoms with Gasteiger partial charge in [-0.1, -0.05) is 37.6 Å². The Morgan fingerprint density at radius 3 is 2.54 bits per heavy atom. The van der Waals surface area contributed by atoms with Crippen molar-refractivity contribution in [3.63, 3.8) is 0 Å². The van der Waals surface area contributed by atoms with Crippen molar-refractivity contribution in [3.8, 4) is 5.75 Å². The average Bonchev–Trinajstić information content (AvgIpc) is 2.08. The van der Waals surface area contributed by atoms with Gasteiger partial charge in [0.1, 0.15) is 5.75 Å². The van der Waals surface area contributed by atoms with Gasteiger partial charge in [-0.25, -0.2) is 0 Å². The van der Waals surface area contributed by atoms with Crippen LogP contribution in [0.3, 0.4) is 0 Å². The number of hydrogen-bond donors (Lipinski definition) is 2. The highest BCUT2D eigenvalue weighted by molar-refractivity contribution is 6.32. The van der Waals surface area contributed by atoms with Crippen LogP contribution in [0.25, 0.3) is 0 Å². The van der Waals surface area contributed by atoms with Gasteiger partial charge in [-0.2, -0.15) is 0 Å². The molecule has 0 spiro atoms. The van der Waals surface area contributed by atoms with Gasteiger partial charge in [-0.05, 0) is 12.0 Å². The van der Waals surface area contributed by atoms with Crippen LogP contribution < -0.4 is 5.73 Å². The minimum Gasteiger partial charge on any atom is -0.506 e. The monoisotopic (exact) mass is 199 g/mol. The third-order valence-electron chi connectivity index (χ3n) is 2.10. The Hall–Kier alpha value is -0.730. The van der Waals surface area contributed by atoms with Crippen molar-refractivity contribution in [3.05, 3.63) is 28.8 Å². The van der Waals surface area contributed by atoms with E-state index < -0.39 is 0 Å². The SMILES string of the molecule is CC(C)[C@@H](N)c1cccc(Cl)c1O. The molecule has 0 radical (unpaired) electrons. The van der Waals surface area contributed by atoms with E-state index in [2.05, 4.69) is 0 Å². The minimum atomic E-state index is -0.168. The predicted octanol–water partition coefficient (Wildman–Crippen LogP) is 2.70. The van der Waals surface area contributed by atoms with E-state index in [4.69, 9.17) is 17.3 Å². The van der Waals surface area contributed by atoms with Gasteiger partial charge in [0.05, 0.1) is 5.02 Å². The first-order chi connectivity index (χ1) is 6.04. The van der Waals surface area contributed by atoms with Crippen LogP contribution in [0.5, 0.6) is 5.75 Å². The number of rotatable bonds is 2. The molecule has 0 fully saturated rings. The molecule has 0 aromatic heterocycles. The van der Waals surface area contributed by atoms with Crippen LogP contribution >= 0.6 is 11.6 Å². The van der Waals surface area contributed by atoms with E-state index in [1.807, 2.05) is 13.8 Å². The van der Waals surface area contributed by atoms with E-state index in [1.165, 1.54) is 0 Å². The molecule has 2 nitrogen and oxygen atoms in total. The molecule has 3 N–H and O–H groups in total. The third-order valence-corrected chi connectivity index (χ3v) is 2.40. The molecule has 0 aliphatic rings. The molecular formula is C10H14ClNO. The fourth-order valence-corrected chi connectivity index (χ4v) is 1.34. The molecule has 1 rings (SSSR count). The summed E-state index contributed by atoms with van der Waals surface area (Å²) >= 11 is 5.76. The highest BCUT2D eigenvalue weighted by Crippen LogP contribution is 2.32. The fourth-order valence-electron chi connectivity index (χ4n) is 1.16. The zero-order valence-corrected chi connectivity index (χ0v) is 8.55. The molecular weight excluding hydrogens is 186 g/mol. The first-order valence-electron chi connectivity index (χ1n) is 4.27. The van der Waals surface area contributed by atoms with E-state index in [9.17, 15) is 5.11 Å². The van der Waals surface area contributed by atoms with Crippen LogP contribution in [0.1, 0.15) is 25.5 Å². The van der Waals surface area contributed by atoms with Gasteiger partial charge in [-0.15, -0.1) is 0 Å². The van der Waals surface area contributed by atoms with Crippen LogP contribution in [0.15, 0.2) is 18.2 Å². The summed E-state index contributed by atoms with van der Waals surface area (Å²) in [6.45, 7) is 4.01. The lowest BCUT2D eigenvalue weighted by Crippen LogP contribution is -2.16. The standard InChI is InChI=1S/C10H14ClNO/c1-6(2)9(12)7-4-3-5-8(11)10(7)13/h3-6,9,13H,12H2,1-2H3/t9-/m1/s1. The van der Waals surface area contributed by atoms with Crippen LogP contribution in [0, 0.1) is 5.92 Å². The molecule has 72 valence electrons. The molecule has 0 bridgehead atoms. The smallest absolute Gasteiger partial charge is 0.138 e. The summed E-state index contributed by atoms with van der Waals surface area (Å²) in [5.41, 5.74) is 6.60. The lowest BCUT2D eigenvalue weighted by molar-refractivity contribution is 0.440. The number of para-hydroxylation sites is 1. The summed E-state index contributed by atoms with van der Waals surface area (Å²) in [6, 6.07) is 5.07. The van der Waals surface area contributed by atoms with E-state index in [0.717, 1.165) is 0 Å². The zero-order valence-electron chi connectivity index (χ0n) is 7.79. The second-order valence-electron chi connectivity index (χ2n) is 3.45. The van der Waals surface area contributed by atoms with Crippen LogP contribution in [-0.4, -0.2) is 5.11 Å². The Morgan fingerprint density at radius 1 is 1.38 bits per heavy atom. The molecule has 3 heteroatoms. The van der Waals surface area contributed by atoms with Crippen molar-refractivity contribution < 1.29 is 5.11 Å². The third kappa shape index (κ3) is 2.14. The van der Waals surface area contributed by atoms with Gasteiger partial charge in [0.15, 0.2) is 0 Å². The van der Waals surface area contributed by atoms with Crippen LogP contribution in [-0.2, 0) is 0 Å². The van der Waals surface area contributed by atoms with Gasteiger partial charge in [0, 0.05) is 11.6 Å². The molecule has 0 unspecified atom stereocenters.